The fourth-order valence-corrected chi connectivity index (χ4v) is 3.67. The molecule has 2 aromatic rings. The molecular formula is C18H23N5O3S. The molecule has 3 rings (SSSR count). The van der Waals surface area contributed by atoms with Crippen molar-refractivity contribution in [1.82, 2.24) is 14.8 Å². The van der Waals surface area contributed by atoms with E-state index in [4.69, 9.17) is 4.74 Å². The van der Waals surface area contributed by atoms with E-state index >= 15 is 0 Å². The van der Waals surface area contributed by atoms with Crippen LogP contribution in [0.5, 0.6) is 0 Å². The molecule has 1 aliphatic rings. The summed E-state index contributed by atoms with van der Waals surface area (Å²) in [4.78, 5) is 26.2. The molecule has 9 heteroatoms. The van der Waals surface area contributed by atoms with Crippen LogP contribution in [0.3, 0.4) is 0 Å². The highest BCUT2D eigenvalue weighted by atomic mass is 32.2. The Morgan fingerprint density at radius 1 is 1.22 bits per heavy atom. The Kier molecular flexibility index (Phi) is 6.46. The first-order chi connectivity index (χ1) is 13.1. The second kappa shape index (κ2) is 9.01. The molecule has 144 valence electrons. The van der Waals surface area contributed by atoms with Crippen LogP contribution in [0.2, 0.25) is 0 Å². The molecule has 2 heterocycles. The quantitative estimate of drug-likeness (QED) is 0.573. The lowest BCUT2D eigenvalue weighted by molar-refractivity contribution is -0.113. The highest BCUT2D eigenvalue weighted by molar-refractivity contribution is 7.99. The minimum absolute atomic E-state index is 0.0839. The van der Waals surface area contributed by atoms with E-state index in [0.717, 1.165) is 25.6 Å². The Labute approximate surface area is 162 Å². The van der Waals surface area contributed by atoms with Crippen LogP contribution in [0.1, 0.15) is 24.2 Å². The van der Waals surface area contributed by atoms with Gasteiger partial charge in [0.05, 0.1) is 24.7 Å². The van der Waals surface area contributed by atoms with Crippen molar-refractivity contribution >= 4 is 35.1 Å². The summed E-state index contributed by atoms with van der Waals surface area (Å²) in [7, 11) is 0. The van der Waals surface area contributed by atoms with E-state index in [2.05, 4.69) is 20.4 Å². The van der Waals surface area contributed by atoms with Gasteiger partial charge < -0.3 is 15.0 Å². The third-order valence-corrected chi connectivity index (χ3v) is 5.19. The van der Waals surface area contributed by atoms with Gasteiger partial charge in [0, 0.05) is 25.2 Å². The van der Waals surface area contributed by atoms with Gasteiger partial charge in [-0.1, -0.05) is 23.9 Å². The van der Waals surface area contributed by atoms with Gasteiger partial charge in [-0.3, -0.25) is 14.2 Å². The number of benzene rings is 1. The van der Waals surface area contributed by atoms with E-state index in [1.807, 2.05) is 11.5 Å². The highest BCUT2D eigenvalue weighted by Crippen LogP contribution is 2.23. The van der Waals surface area contributed by atoms with Gasteiger partial charge >= 0.3 is 0 Å². The topological polar surface area (TPSA) is 89.3 Å². The number of morpholine rings is 1. The zero-order chi connectivity index (χ0) is 19.2. The second-order valence-electron chi connectivity index (χ2n) is 6.06. The number of aromatic nitrogens is 3. The molecule has 1 aromatic heterocycles. The van der Waals surface area contributed by atoms with E-state index in [1.165, 1.54) is 18.7 Å². The number of ether oxygens (including phenoxy) is 1. The normalized spacial score (nSPS) is 14.2. The van der Waals surface area contributed by atoms with Crippen LogP contribution in [0.4, 0.5) is 11.6 Å². The summed E-state index contributed by atoms with van der Waals surface area (Å²) in [6.07, 6.45) is 0. The summed E-state index contributed by atoms with van der Waals surface area (Å²) in [5.74, 6) is 0.727. The molecule has 0 saturated carbocycles. The Morgan fingerprint density at radius 3 is 2.67 bits per heavy atom. The Balaban J connectivity index is 1.64. The van der Waals surface area contributed by atoms with Crippen molar-refractivity contribution in [1.29, 1.82) is 0 Å². The molecule has 1 amide bonds. The van der Waals surface area contributed by atoms with Gasteiger partial charge in [-0.2, -0.15) is 0 Å². The number of anilines is 2. The first-order valence-corrected chi connectivity index (χ1v) is 9.87. The average molecular weight is 389 g/mol. The van der Waals surface area contributed by atoms with E-state index in [1.54, 1.807) is 24.3 Å². The Morgan fingerprint density at radius 2 is 1.96 bits per heavy atom. The van der Waals surface area contributed by atoms with Crippen LogP contribution in [-0.4, -0.2) is 58.5 Å². The first kappa shape index (κ1) is 19.4. The summed E-state index contributed by atoms with van der Waals surface area (Å²) in [6.45, 7) is 7.15. The lowest BCUT2D eigenvalue weighted by Gasteiger charge is -2.27. The third kappa shape index (κ3) is 4.67. The van der Waals surface area contributed by atoms with Gasteiger partial charge in [0.2, 0.25) is 11.9 Å². The molecule has 0 bridgehead atoms. The fraction of sp³-hybridized carbons (Fsp3) is 0.444. The molecule has 0 unspecified atom stereocenters. The maximum absolute atomic E-state index is 12.3. The van der Waals surface area contributed by atoms with Gasteiger partial charge in [0.1, 0.15) is 0 Å². The van der Waals surface area contributed by atoms with Crippen LogP contribution in [-0.2, 0) is 16.1 Å². The van der Waals surface area contributed by atoms with Crippen molar-refractivity contribution in [2.24, 2.45) is 0 Å². The molecular weight excluding hydrogens is 366 g/mol. The van der Waals surface area contributed by atoms with Crippen LogP contribution < -0.4 is 10.2 Å². The van der Waals surface area contributed by atoms with Gasteiger partial charge in [0.15, 0.2) is 10.9 Å². The zero-order valence-electron chi connectivity index (χ0n) is 15.5. The summed E-state index contributed by atoms with van der Waals surface area (Å²) in [6, 6.07) is 6.99. The number of carbonyl (C=O) groups is 2. The number of para-hydroxylation sites is 1. The third-order valence-electron chi connectivity index (χ3n) is 4.22. The molecule has 1 saturated heterocycles. The SMILES string of the molecule is CCn1c(SCC(=O)Nc2ccccc2C(C)=O)nnc1N1CCOCC1. The van der Waals surface area contributed by atoms with Crippen molar-refractivity contribution < 1.29 is 14.3 Å². The Hall–Kier alpha value is -2.39. The van der Waals surface area contributed by atoms with Gasteiger partial charge in [-0.25, -0.2) is 0 Å². The predicted molar refractivity (Wildman–Crippen MR) is 105 cm³/mol. The van der Waals surface area contributed by atoms with Crippen molar-refractivity contribution in [3.05, 3.63) is 29.8 Å². The molecule has 0 radical (unpaired) electrons. The molecule has 0 aliphatic carbocycles. The van der Waals surface area contributed by atoms with Crippen molar-refractivity contribution in [2.75, 3.05) is 42.3 Å². The van der Waals surface area contributed by atoms with Crippen molar-refractivity contribution in [2.45, 2.75) is 25.5 Å². The molecule has 27 heavy (non-hydrogen) atoms. The molecule has 1 aromatic carbocycles. The number of nitrogens with zero attached hydrogens (tertiary/aromatic N) is 4. The molecule has 0 spiro atoms. The number of nitrogens with one attached hydrogen (secondary N) is 1. The smallest absolute Gasteiger partial charge is 0.234 e. The number of hydrogen-bond donors (Lipinski definition) is 1. The van der Waals surface area contributed by atoms with Crippen molar-refractivity contribution in [3.63, 3.8) is 0 Å². The molecule has 1 aliphatic heterocycles. The lowest BCUT2D eigenvalue weighted by Crippen LogP contribution is -2.38. The average Bonchev–Trinajstić information content (AvgIpc) is 3.10. The zero-order valence-corrected chi connectivity index (χ0v) is 16.3. The number of Topliss-reactive ketones (excluding diaryl/α,β-unsaturated/α-hetero) is 1. The second-order valence-corrected chi connectivity index (χ2v) is 7.01. The van der Waals surface area contributed by atoms with E-state index in [9.17, 15) is 9.59 Å². The number of rotatable bonds is 7. The standard InChI is InChI=1S/C18H23N5O3S/c1-3-23-17(22-8-10-26-11-9-22)20-21-18(23)27-12-16(25)19-15-7-5-4-6-14(15)13(2)24/h4-7H,3,8-12H2,1-2H3,(H,19,25). The molecule has 1 N–H and O–H groups in total. The van der Waals surface area contributed by atoms with E-state index in [0.29, 0.717) is 29.6 Å². The summed E-state index contributed by atoms with van der Waals surface area (Å²) in [5, 5.41) is 12.0. The number of ketones is 1. The summed E-state index contributed by atoms with van der Waals surface area (Å²) < 4.78 is 7.39. The van der Waals surface area contributed by atoms with Crippen LogP contribution in [0.15, 0.2) is 29.4 Å². The van der Waals surface area contributed by atoms with Crippen LogP contribution in [0, 0.1) is 0 Å². The van der Waals surface area contributed by atoms with E-state index in [-0.39, 0.29) is 17.4 Å². The summed E-state index contributed by atoms with van der Waals surface area (Å²) in [5.41, 5.74) is 1.03. The van der Waals surface area contributed by atoms with Gasteiger partial charge in [0.25, 0.3) is 0 Å². The largest absolute Gasteiger partial charge is 0.378 e. The van der Waals surface area contributed by atoms with Crippen molar-refractivity contribution in [3.8, 4) is 0 Å². The number of thioether (sulfide) groups is 1. The Bertz CT molecular complexity index is 817. The number of amides is 1. The fourth-order valence-electron chi connectivity index (χ4n) is 2.88. The monoisotopic (exact) mass is 389 g/mol. The number of carbonyl (C=O) groups excluding carboxylic acids is 2. The molecule has 1 fully saturated rings. The minimum atomic E-state index is -0.188. The number of hydrogen-bond acceptors (Lipinski definition) is 7. The summed E-state index contributed by atoms with van der Waals surface area (Å²) >= 11 is 1.33. The maximum atomic E-state index is 12.3. The van der Waals surface area contributed by atoms with E-state index < -0.39 is 0 Å². The predicted octanol–water partition coefficient (Wildman–Crippen LogP) is 2.07. The molecule has 8 nitrogen and oxygen atoms in total. The minimum Gasteiger partial charge on any atom is -0.378 e. The highest BCUT2D eigenvalue weighted by Gasteiger charge is 2.20. The lowest BCUT2D eigenvalue weighted by atomic mass is 10.1. The maximum Gasteiger partial charge on any atom is 0.234 e. The van der Waals surface area contributed by atoms with Crippen LogP contribution >= 0.6 is 11.8 Å². The van der Waals surface area contributed by atoms with Crippen LogP contribution in [0.25, 0.3) is 0 Å². The van der Waals surface area contributed by atoms with Gasteiger partial charge in [-0.05, 0) is 26.0 Å². The first-order valence-electron chi connectivity index (χ1n) is 8.88. The molecule has 0 atom stereocenters. The van der Waals surface area contributed by atoms with Gasteiger partial charge in [-0.15, -0.1) is 10.2 Å².